The Labute approximate surface area is 119 Å². The first-order chi connectivity index (χ1) is 9.08. The topological polar surface area (TPSA) is 50.4 Å². The molecule has 0 amide bonds. The van der Waals surface area contributed by atoms with Crippen molar-refractivity contribution in [1.82, 2.24) is 10.2 Å². The fraction of sp³-hybridized carbons (Fsp3) is 0.308. The number of benzene rings is 1. The van der Waals surface area contributed by atoms with Crippen LogP contribution in [0.2, 0.25) is 0 Å². The number of hydrogen-bond donors (Lipinski definition) is 1. The van der Waals surface area contributed by atoms with Gasteiger partial charge in [-0.2, -0.15) is 5.10 Å². The molecule has 2 aromatic rings. The minimum absolute atomic E-state index is 0.283. The number of halogens is 1. The van der Waals surface area contributed by atoms with Crippen LogP contribution in [0.25, 0.3) is 11.3 Å². The van der Waals surface area contributed by atoms with Crippen molar-refractivity contribution in [2.24, 2.45) is 0 Å². The summed E-state index contributed by atoms with van der Waals surface area (Å²) < 4.78 is 11.7. The van der Waals surface area contributed by atoms with Gasteiger partial charge in [0.15, 0.2) is 17.3 Å². The second-order valence-corrected chi connectivity index (χ2v) is 5.44. The summed E-state index contributed by atoms with van der Waals surface area (Å²) in [5.74, 6) is 2.44. The summed E-state index contributed by atoms with van der Waals surface area (Å²) in [5, 5.41) is 7.38. The van der Waals surface area contributed by atoms with Crippen LogP contribution in [0.3, 0.4) is 0 Å². The first kappa shape index (κ1) is 12.3. The molecule has 19 heavy (non-hydrogen) atoms. The summed E-state index contributed by atoms with van der Waals surface area (Å²) in [5.41, 5.74) is 3.11. The highest BCUT2D eigenvalue weighted by Gasteiger charge is 2.20. The zero-order valence-corrected chi connectivity index (χ0v) is 12.5. The number of anilines is 1. The molecule has 1 aliphatic rings. The third-order valence-corrected chi connectivity index (χ3v) is 3.85. The number of aryl methyl sites for hydroxylation is 1. The van der Waals surface area contributed by atoms with Gasteiger partial charge < -0.3 is 14.4 Å². The number of H-pyrrole nitrogens is 1. The van der Waals surface area contributed by atoms with Crippen LogP contribution < -0.4 is 14.4 Å². The van der Waals surface area contributed by atoms with E-state index in [1.807, 2.05) is 38.1 Å². The fourth-order valence-corrected chi connectivity index (χ4v) is 2.85. The summed E-state index contributed by atoms with van der Waals surface area (Å²) in [6, 6.07) is 3.97. The lowest BCUT2D eigenvalue weighted by atomic mass is 10.0. The van der Waals surface area contributed by atoms with E-state index in [1.54, 1.807) is 0 Å². The van der Waals surface area contributed by atoms with Gasteiger partial charge in [-0.05, 0) is 40.5 Å². The van der Waals surface area contributed by atoms with E-state index < -0.39 is 0 Å². The molecule has 1 aromatic heterocycles. The largest absolute Gasteiger partial charge is 0.454 e. The van der Waals surface area contributed by atoms with Crippen molar-refractivity contribution in [3.05, 3.63) is 22.2 Å². The number of nitrogens with one attached hydrogen (secondary N) is 1. The molecule has 0 saturated heterocycles. The van der Waals surface area contributed by atoms with Crippen LogP contribution in [0.4, 0.5) is 5.82 Å². The van der Waals surface area contributed by atoms with Crippen LogP contribution >= 0.6 is 15.9 Å². The minimum Gasteiger partial charge on any atom is -0.454 e. The molecule has 0 fully saturated rings. The Morgan fingerprint density at radius 1 is 1.26 bits per heavy atom. The quantitative estimate of drug-likeness (QED) is 0.923. The highest BCUT2D eigenvalue weighted by atomic mass is 79.9. The lowest BCUT2D eigenvalue weighted by Crippen LogP contribution is -2.09. The van der Waals surface area contributed by atoms with Gasteiger partial charge in [0.2, 0.25) is 6.79 Å². The van der Waals surface area contributed by atoms with Gasteiger partial charge in [-0.25, -0.2) is 0 Å². The predicted molar refractivity (Wildman–Crippen MR) is 76.9 cm³/mol. The summed E-state index contributed by atoms with van der Waals surface area (Å²) in [7, 11) is 3.91. The molecule has 5 nitrogen and oxygen atoms in total. The standard InChI is InChI=1S/C13H14BrN3O2/c1-7-4-9-10(19-6-18-9)5-8(7)12-11(14)13(16-15-12)17(2)3/h4-5H,6H2,1-3H3,(H,15,16). The Kier molecular flexibility index (Phi) is 2.89. The first-order valence-corrected chi connectivity index (χ1v) is 6.69. The fourth-order valence-electron chi connectivity index (χ4n) is 2.11. The molecule has 100 valence electrons. The SMILES string of the molecule is Cc1cc2c(cc1-c1[nH]nc(N(C)C)c1Br)OCO2. The lowest BCUT2D eigenvalue weighted by molar-refractivity contribution is 0.174. The van der Waals surface area contributed by atoms with Crippen LogP contribution in [0.15, 0.2) is 16.6 Å². The van der Waals surface area contributed by atoms with Gasteiger partial charge in [0.25, 0.3) is 0 Å². The zero-order chi connectivity index (χ0) is 13.6. The van der Waals surface area contributed by atoms with E-state index in [0.717, 1.165) is 38.6 Å². The Morgan fingerprint density at radius 3 is 2.58 bits per heavy atom. The van der Waals surface area contributed by atoms with Crippen LogP contribution in [-0.4, -0.2) is 31.1 Å². The maximum atomic E-state index is 5.43. The second kappa shape index (κ2) is 4.45. The molecule has 0 radical (unpaired) electrons. The molecule has 0 bridgehead atoms. The van der Waals surface area contributed by atoms with E-state index in [2.05, 4.69) is 26.1 Å². The number of aromatic nitrogens is 2. The van der Waals surface area contributed by atoms with Gasteiger partial charge in [0, 0.05) is 19.7 Å². The summed E-state index contributed by atoms with van der Waals surface area (Å²) in [4.78, 5) is 1.95. The number of aromatic amines is 1. The van der Waals surface area contributed by atoms with E-state index in [4.69, 9.17) is 9.47 Å². The highest BCUT2D eigenvalue weighted by molar-refractivity contribution is 9.10. The molecule has 1 aliphatic heterocycles. The van der Waals surface area contributed by atoms with Crippen LogP contribution in [0.1, 0.15) is 5.56 Å². The van der Waals surface area contributed by atoms with E-state index in [0.29, 0.717) is 0 Å². The van der Waals surface area contributed by atoms with Crippen molar-refractivity contribution < 1.29 is 9.47 Å². The molecule has 1 aromatic carbocycles. The Morgan fingerprint density at radius 2 is 1.95 bits per heavy atom. The normalized spacial score (nSPS) is 12.8. The molecular weight excluding hydrogens is 310 g/mol. The summed E-state index contributed by atoms with van der Waals surface area (Å²) in [6.07, 6.45) is 0. The van der Waals surface area contributed by atoms with E-state index in [9.17, 15) is 0 Å². The zero-order valence-electron chi connectivity index (χ0n) is 11.0. The predicted octanol–water partition coefficient (Wildman–Crippen LogP) is 2.94. The van der Waals surface area contributed by atoms with Gasteiger partial charge in [-0.15, -0.1) is 0 Å². The van der Waals surface area contributed by atoms with E-state index >= 15 is 0 Å². The van der Waals surface area contributed by atoms with Crippen LogP contribution in [-0.2, 0) is 0 Å². The van der Waals surface area contributed by atoms with Gasteiger partial charge >= 0.3 is 0 Å². The Bertz CT molecular complexity index is 637. The molecule has 0 spiro atoms. The van der Waals surface area contributed by atoms with Gasteiger partial charge in [0.1, 0.15) is 0 Å². The lowest BCUT2D eigenvalue weighted by Gasteiger charge is -2.09. The Hall–Kier alpha value is -1.69. The van der Waals surface area contributed by atoms with Crippen molar-refractivity contribution in [2.75, 3.05) is 25.8 Å². The molecular formula is C13H14BrN3O2. The molecule has 3 rings (SSSR count). The van der Waals surface area contributed by atoms with Crippen molar-refractivity contribution in [1.29, 1.82) is 0 Å². The molecule has 0 unspecified atom stereocenters. The Balaban J connectivity index is 2.12. The van der Waals surface area contributed by atoms with Crippen molar-refractivity contribution in [3.8, 4) is 22.8 Å². The highest BCUT2D eigenvalue weighted by Crippen LogP contribution is 2.41. The molecule has 0 atom stereocenters. The number of rotatable bonds is 2. The number of hydrogen-bond acceptors (Lipinski definition) is 4. The molecule has 6 heteroatoms. The average Bonchev–Trinajstić information content (AvgIpc) is 2.94. The molecule has 0 aliphatic carbocycles. The number of ether oxygens (including phenoxy) is 2. The first-order valence-electron chi connectivity index (χ1n) is 5.89. The van der Waals surface area contributed by atoms with Crippen molar-refractivity contribution in [3.63, 3.8) is 0 Å². The van der Waals surface area contributed by atoms with E-state index in [-0.39, 0.29) is 6.79 Å². The van der Waals surface area contributed by atoms with Crippen LogP contribution in [0.5, 0.6) is 11.5 Å². The third kappa shape index (κ3) is 1.96. The summed E-state index contributed by atoms with van der Waals surface area (Å²) in [6.45, 7) is 2.32. The monoisotopic (exact) mass is 323 g/mol. The third-order valence-electron chi connectivity index (χ3n) is 3.10. The van der Waals surface area contributed by atoms with Crippen LogP contribution in [0, 0.1) is 6.92 Å². The maximum Gasteiger partial charge on any atom is 0.231 e. The smallest absolute Gasteiger partial charge is 0.231 e. The maximum absolute atomic E-state index is 5.43. The summed E-state index contributed by atoms with van der Waals surface area (Å²) >= 11 is 3.60. The van der Waals surface area contributed by atoms with Gasteiger partial charge in [-0.1, -0.05) is 0 Å². The molecule has 2 heterocycles. The molecule has 0 saturated carbocycles. The van der Waals surface area contributed by atoms with E-state index in [1.165, 1.54) is 0 Å². The van der Waals surface area contributed by atoms with Gasteiger partial charge in [-0.3, -0.25) is 5.10 Å². The van der Waals surface area contributed by atoms with Crippen molar-refractivity contribution in [2.45, 2.75) is 6.92 Å². The number of nitrogens with zero attached hydrogens (tertiary/aromatic N) is 2. The van der Waals surface area contributed by atoms with Gasteiger partial charge in [0.05, 0.1) is 10.2 Å². The number of fused-ring (bicyclic) bond motifs is 1. The average molecular weight is 324 g/mol. The second-order valence-electron chi connectivity index (χ2n) is 4.65. The van der Waals surface area contributed by atoms with Crippen molar-refractivity contribution >= 4 is 21.7 Å². The molecule has 1 N–H and O–H groups in total. The minimum atomic E-state index is 0.283.